The molecule has 1 unspecified atom stereocenters. The summed E-state index contributed by atoms with van der Waals surface area (Å²) in [6.45, 7) is 0.633. The molecule has 0 saturated heterocycles. The third-order valence-electron chi connectivity index (χ3n) is 3.97. The molecule has 2 aromatic carbocycles. The molecular weight excluding hydrogens is 312 g/mol. The lowest BCUT2D eigenvalue weighted by Crippen LogP contribution is -2.32. The summed E-state index contributed by atoms with van der Waals surface area (Å²) in [6, 6.07) is 15.6. The number of amides is 1. The number of halogens is 1. The van der Waals surface area contributed by atoms with Crippen molar-refractivity contribution in [3.63, 3.8) is 0 Å². The number of nitrogens with one attached hydrogen (secondary N) is 1. The van der Waals surface area contributed by atoms with Crippen molar-refractivity contribution in [2.75, 3.05) is 12.3 Å². The molecule has 0 aromatic heterocycles. The number of hydrogen-bond acceptors (Lipinski definition) is 3. The first kappa shape index (κ1) is 17.2. The molecule has 0 fully saturated rings. The van der Waals surface area contributed by atoms with Crippen LogP contribution in [0, 0.1) is 0 Å². The van der Waals surface area contributed by atoms with Gasteiger partial charge in [0.05, 0.1) is 12.6 Å². The number of rotatable bonds is 4. The molecule has 5 heteroatoms. The van der Waals surface area contributed by atoms with Gasteiger partial charge in [0.15, 0.2) is 0 Å². The zero-order chi connectivity index (χ0) is 15.4. The topological polar surface area (TPSA) is 64.4 Å². The second-order valence-corrected chi connectivity index (χ2v) is 5.49. The van der Waals surface area contributed by atoms with Gasteiger partial charge in [-0.15, -0.1) is 12.4 Å². The van der Waals surface area contributed by atoms with Crippen LogP contribution in [-0.2, 0) is 11.2 Å². The normalized spacial score (nSPS) is 15.7. The SMILES string of the molecule is Cl.Nc1ccccc1CCC(=O)NC1CCOc2ccccc21. The average molecular weight is 333 g/mol. The minimum atomic E-state index is 0. The summed E-state index contributed by atoms with van der Waals surface area (Å²) in [4.78, 5) is 12.2. The van der Waals surface area contributed by atoms with E-state index in [2.05, 4.69) is 5.32 Å². The van der Waals surface area contributed by atoms with Gasteiger partial charge in [0, 0.05) is 24.1 Å². The number of benzene rings is 2. The molecule has 4 nitrogen and oxygen atoms in total. The first-order chi connectivity index (χ1) is 10.7. The van der Waals surface area contributed by atoms with E-state index in [1.165, 1.54) is 0 Å². The first-order valence-electron chi connectivity index (χ1n) is 7.58. The summed E-state index contributed by atoms with van der Waals surface area (Å²) >= 11 is 0. The smallest absolute Gasteiger partial charge is 0.220 e. The van der Waals surface area contributed by atoms with Crippen molar-refractivity contribution in [2.24, 2.45) is 0 Å². The van der Waals surface area contributed by atoms with Crippen LogP contribution in [0.5, 0.6) is 5.75 Å². The molecule has 0 radical (unpaired) electrons. The summed E-state index contributed by atoms with van der Waals surface area (Å²) in [5.41, 5.74) is 8.72. The molecule has 1 heterocycles. The molecule has 3 N–H and O–H groups in total. The Hall–Kier alpha value is -2.20. The zero-order valence-electron chi connectivity index (χ0n) is 12.8. The van der Waals surface area contributed by atoms with Gasteiger partial charge < -0.3 is 15.8 Å². The fourth-order valence-electron chi connectivity index (χ4n) is 2.77. The van der Waals surface area contributed by atoms with E-state index in [1.54, 1.807) is 0 Å². The number of anilines is 1. The molecule has 1 amide bonds. The maximum absolute atomic E-state index is 12.2. The van der Waals surface area contributed by atoms with Gasteiger partial charge in [-0.1, -0.05) is 36.4 Å². The van der Waals surface area contributed by atoms with Gasteiger partial charge >= 0.3 is 0 Å². The highest BCUT2D eigenvalue weighted by Crippen LogP contribution is 2.31. The van der Waals surface area contributed by atoms with Crippen LogP contribution in [0.3, 0.4) is 0 Å². The summed E-state index contributed by atoms with van der Waals surface area (Å²) < 4.78 is 5.61. The van der Waals surface area contributed by atoms with Gasteiger partial charge in [-0.05, 0) is 24.1 Å². The fourth-order valence-corrected chi connectivity index (χ4v) is 2.77. The van der Waals surface area contributed by atoms with Crippen LogP contribution in [0.15, 0.2) is 48.5 Å². The number of fused-ring (bicyclic) bond motifs is 1. The second-order valence-electron chi connectivity index (χ2n) is 5.49. The first-order valence-corrected chi connectivity index (χ1v) is 7.58. The molecule has 2 aromatic rings. The summed E-state index contributed by atoms with van der Waals surface area (Å²) in [7, 11) is 0. The van der Waals surface area contributed by atoms with Crippen molar-refractivity contribution >= 4 is 24.0 Å². The van der Waals surface area contributed by atoms with Gasteiger partial charge in [-0.25, -0.2) is 0 Å². The van der Waals surface area contributed by atoms with E-state index in [9.17, 15) is 4.79 Å². The van der Waals surface area contributed by atoms with Gasteiger partial charge in [-0.2, -0.15) is 0 Å². The van der Waals surface area contributed by atoms with Gasteiger partial charge in [0.1, 0.15) is 5.75 Å². The lowest BCUT2D eigenvalue weighted by Gasteiger charge is -2.26. The van der Waals surface area contributed by atoms with Crippen molar-refractivity contribution in [1.82, 2.24) is 5.32 Å². The minimum Gasteiger partial charge on any atom is -0.493 e. The lowest BCUT2D eigenvalue weighted by molar-refractivity contribution is -0.122. The Morgan fingerprint density at radius 1 is 1.17 bits per heavy atom. The Morgan fingerprint density at radius 3 is 2.74 bits per heavy atom. The Bertz CT molecular complexity index is 676. The summed E-state index contributed by atoms with van der Waals surface area (Å²) in [5.74, 6) is 0.913. The molecule has 1 aliphatic heterocycles. The van der Waals surface area contributed by atoms with E-state index in [4.69, 9.17) is 10.5 Å². The van der Waals surface area contributed by atoms with Crippen LogP contribution >= 0.6 is 12.4 Å². The molecule has 1 aliphatic rings. The van der Waals surface area contributed by atoms with Crippen molar-refractivity contribution in [2.45, 2.75) is 25.3 Å². The Morgan fingerprint density at radius 2 is 1.91 bits per heavy atom. The maximum atomic E-state index is 12.2. The second kappa shape index (κ2) is 7.88. The van der Waals surface area contributed by atoms with Crippen molar-refractivity contribution in [3.8, 4) is 5.75 Å². The number of hydrogen-bond donors (Lipinski definition) is 2. The van der Waals surface area contributed by atoms with E-state index in [-0.39, 0.29) is 24.4 Å². The molecule has 1 atom stereocenters. The number of para-hydroxylation sites is 2. The highest BCUT2D eigenvalue weighted by atomic mass is 35.5. The Kier molecular flexibility index (Phi) is 5.88. The van der Waals surface area contributed by atoms with Crippen LogP contribution in [-0.4, -0.2) is 12.5 Å². The molecule has 0 aliphatic carbocycles. The van der Waals surface area contributed by atoms with E-state index < -0.39 is 0 Å². The molecule has 122 valence electrons. The fraction of sp³-hybridized carbons (Fsp3) is 0.278. The lowest BCUT2D eigenvalue weighted by atomic mass is 10.00. The monoisotopic (exact) mass is 332 g/mol. The molecule has 3 rings (SSSR count). The van der Waals surface area contributed by atoms with E-state index in [0.717, 1.165) is 29.0 Å². The predicted octanol–water partition coefficient (Wildman–Crippen LogP) is 3.26. The largest absolute Gasteiger partial charge is 0.493 e. The van der Waals surface area contributed by atoms with E-state index in [0.29, 0.717) is 19.4 Å². The highest BCUT2D eigenvalue weighted by Gasteiger charge is 2.22. The summed E-state index contributed by atoms with van der Waals surface area (Å²) in [6.07, 6.45) is 1.90. The molecule has 0 bridgehead atoms. The number of ether oxygens (including phenoxy) is 1. The Balaban J connectivity index is 0.00000192. The maximum Gasteiger partial charge on any atom is 0.220 e. The molecule has 23 heavy (non-hydrogen) atoms. The van der Waals surface area contributed by atoms with Crippen LogP contribution in [0.4, 0.5) is 5.69 Å². The number of carbonyl (C=O) groups excluding carboxylic acids is 1. The average Bonchev–Trinajstić information content (AvgIpc) is 2.54. The van der Waals surface area contributed by atoms with Crippen LogP contribution in [0.1, 0.15) is 30.0 Å². The number of nitrogens with two attached hydrogens (primary N) is 1. The third-order valence-corrected chi connectivity index (χ3v) is 3.97. The molecular formula is C18H21ClN2O2. The third kappa shape index (κ3) is 4.17. The van der Waals surface area contributed by atoms with Crippen LogP contribution in [0.2, 0.25) is 0 Å². The predicted molar refractivity (Wildman–Crippen MR) is 93.9 cm³/mol. The summed E-state index contributed by atoms with van der Waals surface area (Å²) in [5, 5.41) is 3.11. The Labute approximate surface area is 142 Å². The number of nitrogen functional groups attached to an aromatic ring is 1. The van der Waals surface area contributed by atoms with E-state index >= 15 is 0 Å². The quantitative estimate of drug-likeness (QED) is 0.845. The number of carbonyl (C=O) groups is 1. The zero-order valence-corrected chi connectivity index (χ0v) is 13.6. The van der Waals surface area contributed by atoms with E-state index in [1.807, 2.05) is 48.5 Å². The van der Waals surface area contributed by atoms with Gasteiger partial charge in [-0.3, -0.25) is 4.79 Å². The van der Waals surface area contributed by atoms with Crippen LogP contribution in [0.25, 0.3) is 0 Å². The standard InChI is InChI=1S/C18H20N2O2.ClH/c19-15-7-3-1-5-13(15)9-10-18(21)20-16-11-12-22-17-8-4-2-6-14(16)17;/h1-8,16H,9-12,19H2,(H,20,21);1H. The van der Waals surface area contributed by atoms with Gasteiger partial charge in [0.25, 0.3) is 0 Å². The molecule has 0 spiro atoms. The van der Waals surface area contributed by atoms with Crippen LogP contribution < -0.4 is 15.8 Å². The van der Waals surface area contributed by atoms with Gasteiger partial charge in [0.2, 0.25) is 5.91 Å². The van der Waals surface area contributed by atoms with Crippen molar-refractivity contribution in [3.05, 3.63) is 59.7 Å². The van der Waals surface area contributed by atoms with Crippen molar-refractivity contribution in [1.29, 1.82) is 0 Å². The number of aryl methyl sites for hydroxylation is 1. The highest BCUT2D eigenvalue weighted by molar-refractivity contribution is 5.85. The minimum absolute atomic E-state index is 0. The van der Waals surface area contributed by atoms with Crippen molar-refractivity contribution < 1.29 is 9.53 Å². The molecule has 0 saturated carbocycles.